The molecule has 0 N–H and O–H groups in total. The van der Waals surface area contributed by atoms with Crippen molar-refractivity contribution in [2.24, 2.45) is 5.92 Å². The SMILES string of the molecule is CC(C)(C)[Si](O[C@@H]1CC[C@@H]2C[C@H]1OC2=O)(c1ccccc1)c1ccccc1. The summed E-state index contributed by atoms with van der Waals surface area (Å²) in [5, 5.41) is 2.49. The van der Waals surface area contributed by atoms with E-state index in [1.807, 2.05) is 0 Å². The van der Waals surface area contributed by atoms with Gasteiger partial charge in [-0.2, -0.15) is 0 Å². The minimum absolute atomic E-state index is 0.0287. The highest BCUT2D eigenvalue weighted by Crippen LogP contribution is 2.42. The maximum absolute atomic E-state index is 12.0. The van der Waals surface area contributed by atoms with Gasteiger partial charge in [0.25, 0.3) is 8.32 Å². The highest BCUT2D eigenvalue weighted by molar-refractivity contribution is 6.99. The number of hydrogen-bond acceptors (Lipinski definition) is 3. The zero-order valence-electron chi connectivity index (χ0n) is 16.4. The molecular weight excluding hydrogens is 352 g/mol. The summed E-state index contributed by atoms with van der Waals surface area (Å²) >= 11 is 0. The van der Waals surface area contributed by atoms with E-state index in [4.69, 9.17) is 9.16 Å². The van der Waals surface area contributed by atoms with Gasteiger partial charge in [0.2, 0.25) is 0 Å². The molecule has 3 nitrogen and oxygen atoms in total. The van der Waals surface area contributed by atoms with Gasteiger partial charge in [-0.1, -0.05) is 81.4 Å². The molecule has 2 fully saturated rings. The van der Waals surface area contributed by atoms with Crippen LogP contribution in [0.1, 0.15) is 40.0 Å². The standard InChI is InChI=1S/C23H28O3Si/c1-23(2,3)27(18-10-6-4-7-11-18,19-12-8-5-9-13-19)26-20-15-14-17-16-21(20)25-22(17)24/h4-13,17,20-21H,14-16H2,1-3H3/t17-,20-,21-/m1/s1. The molecule has 4 heteroatoms. The minimum atomic E-state index is -2.59. The fourth-order valence-electron chi connectivity index (χ4n) is 4.74. The first kappa shape index (κ1) is 18.5. The molecule has 142 valence electrons. The van der Waals surface area contributed by atoms with Gasteiger partial charge >= 0.3 is 5.97 Å². The van der Waals surface area contributed by atoms with Crippen LogP contribution < -0.4 is 10.4 Å². The Bertz CT molecular complexity index is 758. The summed E-state index contributed by atoms with van der Waals surface area (Å²) in [4.78, 5) is 12.0. The molecule has 0 unspecified atom stereocenters. The van der Waals surface area contributed by atoms with E-state index in [1.165, 1.54) is 10.4 Å². The van der Waals surface area contributed by atoms with E-state index >= 15 is 0 Å². The van der Waals surface area contributed by atoms with Crippen LogP contribution in [-0.4, -0.2) is 26.5 Å². The Morgan fingerprint density at radius 3 is 2.00 bits per heavy atom. The van der Waals surface area contributed by atoms with E-state index in [9.17, 15) is 4.79 Å². The van der Waals surface area contributed by atoms with Gasteiger partial charge in [0.05, 0.1) is 12.0 Å². The molecule has 2 aromatic carbocycles. The topological polar surface area (TPSA) is 35.5 Å². The van der Waals surface area contributed by atoms with Crippen LogP contribution in [0.5, 0.6) is 0 Å². The van der Waals surface area contributed by atoms with Crippen molar-refractivity contribution >= 4 is 24.7 Å². The lowest BCUT2D eigenvalue weighted by Gasteiger charge is -2.46. The number of carbonyl (C=O) groups is 1. The van der Waals surface area contributed by atoms with Crippen molar-refractivity contribution < 1.29 is 14.0 Å². The van der Waals surface area contributed by atoms with E-state index in [1.54, 1.807) is 0 Å². The van der Waals surface area contributed by atoms with Gasteiger partial charge in [0.15, 0.2) is 0 Å². The molecule has 0 radical (unpaired) electrons. The van der Waals surface area contributed by atoms with Crippen molar-refractivity contribution in [2.75, 3.05) is 0 Å². The average Bonchev–Trinajstić information content (AvgIpc) is 2.96. The maximum Gasteiger partial charge on any atom is 0.309 e. The highest BCUT2D eigenvalue weighted by atomic mass is 28.4. The number of ether oxygens (including phenoxy) is 1. The van der Waals surface area contributed by atoms with Crippen molar-refractivity contribution in [2.45, 2.75) is 57.3 Å². The van der Waals surface area contributed by atoms with Crippen LogP contribution in [0.25, 0.3) is 0 Å². The predicted octanol–water partition coefficient (Wildman–Crippen LogP) is 3.66. The second-order valence-electron chi connectivity index (χ2n) is 8.80. The first-order chi connectivity index (χ1) is 12.9. The van der Waals surface area contributed by atoms with Crippen LogP contribution in [-0.2, 0) is 14.0 Å². The Labute approximate surface area is 162 Å². The predicted molar refractivity (Wildman–Crippen MR) is 110 cm³/mol. The third-order valence-corrected chi connectivity index (χ3v) is 11.1. The molecule has 2 bridgehead atoms. The number of hydrogen-bond donors (Lipinski definition) is 0. The molecule has 4 rings (SSSR count). The molecule has 0 spiro atoms. The first-order valence-corrected chi connectivity index (χ1v) is 11.8. The monoisotopic (exact) mass is 380 g/mol. The zero-order chi connectivity index (χ0) is 19.1. The molecular formula is C23H28O3Si. The maximum atomic E-state index is 12.0. The molecule has 0 aromatic heterocycles. The van der Waals surface area contributed by atoms with Crippen molar-refractivity contribution in [1.29, 1.82) is 0 Å². The van der Waals surface area contributed by atoms with Crippen molar-refractivity contribution in [3.63, 3.8) is 0 Å². The lowest BCUT2D eigenvalue weighted by atomic mass is 9.88. The largest absolute Gasteiger partial charge is 0.459 e. The molecule has 3 atom stereocenters. The fourth-order valence-corrected chi connectivity index (χ4v) is 9.48. The summed E-state index contributed by atoms with van der Waals surface area (Å²) in [6.07, 6.45) is 2.45. The molecule has 27 heavy (non-hydrogen) atoms. The van der Waals surface area contributed by atoms with Crippen LogP contribution in [0.2, 0.25) is 5.04 Å². The Balaban J connectivity index is 1.82. The second-order valence-corrected chi connectivity index (χ2v) is 13.1. The van der Waals surface area contributed by atoms with Gasteiger partial charge in [-0.15, -0.1) is 0 Å². The van der Waals surface area contributed by atoms with E-state index in [-0.39, 0.29) is 29.1 Å². The summed E-state index contributed by atoms with van der Waals surface area (Å²) in [5.74, 6) is 0.0440. The van der Waals surface area contributed by atoms with Crippen molar-refractivity contribution in [3.8, 4) is 0 Å². The lowest BCUT2D eigenvalue weighted by Crippen LogP contribution is -2.68. The summed E-state index contributed by atoms with van der Waals surface area (Å²) in [5.41, 5.74) is 0. The Morgan fingerprint density at radius 2 is 1.48 bits per heavy atom. The Kier molecular flexibility index (Phi) is 4.73. The lowest BCUT2D eigenvalue weighted by molar-refractivity contribution is -0.145. The van der Waals surface area contributed by atoms with Crippen LogP contribution >= 0.6 is 0 Å². The molecule has 2 aliphatic rings. The highest BCUT2D eigenvalue weighted by Gasteiger charge is 2.54. The Hall–Kier alpha value is -1.91. The summed E-state index contributed by atoms with van der Waals surface area (Å²) < 4.78 is 12.8. The van der Waals surface area contributed by atoms with Crippen LogP contribution in [0.3, 0.4) is 0 Å². The van der Waals surface area contributed by atoms with Crippen LogP contribution in [0.4, 0.5) is 0 Å². The van der Waals surface area contributed by atoms with Gasteiger partial charge in [-0.3, -0.25) is 4.79 Å². The first-order valence-electron chi connectivity index (χ1n) is 9.91. The van der Waals surface area contributed by atoms with Gasteiger partial charge in [-0.05, 0) is 28.3 Å². The molecule has 1 aliphatic carbocycles. The zero-order valence-corrected chi connectivity index (χ0v) is 17.4. The molecule has 1 saturated heterocycles. The van der Waals surface area contributed by atoms with E-state index in [0.717, 1.165) is 19.3 Å². The number of carbonyl (C=O) groups excluding carboxylic acids is 1. The van der Waals surface area contributed by atoms with Gasteiger partial charge in [-0.25, -0.2) is 0 Å². The number of rotatable bonds is 4. The minimum Gasteiger partial charge on any atom is -0.459 e. The quantitative estimate of drug-likeness (QED) is 0.600. The van der Waals surface area contributed by atoms with E-state index < -0.39 is 8.32 Å². The summed E-state index contributed by atoms with van der Waals surface area (Å²) in [6.45, 7) is 6.85. The third kappa shape index (κ3) is 3.15. The van der Waals surface area contributed by atoms with Crippen LogP contribution in [0.15, 0.2) is 60.7 Å². The summed E-state index contributed by atoms with van der Waals surface area (Å²) in [7, 11) is -2.59. The second kappa shape index (κ2) is 6.92. The molecule has 0 amide bonds. The summed E-state index contributed by atoms with van der Waals surface area (Å²) in [6, 6.07) is 21.3. The van der Waals surface area contributed by atoms with Gasteiger partial charge in [0, 0.05) is 6.42 Å². The average molecular weight is 381 g/mol. The fraction of sp³-hybridized carbons (Fsp3) is 0.435. The van der Waals surface area contributed by atoms with Crippen molar-refractivity contribution in [1.82, 2.24) is 0 Å². The van der Waals surface area contributed by atoms with Gasteiger partial charge in [0.1, 0.15) is 6.10 Å². The Morgan fingerprint density at radius 1 is 0.926 bits per heavy atom. The normalized spacial score (nSPS) is 25.3. The number of esters is 1. The van der Waals surface area contributed by atoms with E-state index in [0.29, 0.717) is 0 Å². The number of fused-ring (bicyclic) bond motifs is 2. The molecule has 1 saturated carbocycles. The number of benzene rings is 2. The van der Waals surface area contributed by atoms with Gasteiger partial charge < -0.3 is 9.16 Å². The molecule has 1 aliphatic heterocycles. The molecule has 2 aromatic rings. The third-order valence-electron chi connectivity index (χ3n) is 6.08. The van der Waals surface area contributed by atoms with Crippen molar-refractivity contribution in [3.05, 3.63) is 60.7 Å². The molecule has 1 heterocycles. The van der Waals surface area contributed by atoms with Crippen LogP contribution in [0, 0.1) is 5.92 Å². The van der Waals surface area contributed by atoms with E-state index in [2.05, 4.69) is 81.4 Å². The smallest absolute Gasteiger partial charge is 0.309 e.